The standard InChI is InChI=1S/C19H15N3O3/c1-20-17-10-13(16-11-18(19(23)24)22(2)21-16)6-9-15(17)12-4-7-14(25-3)8-5-12/h4-11H,2-3H3,(H,23,24). The molecule has 0 aliphatic rings. The number of hydrogen-bond acceptors (Lipinski definition) is 3. The number of aromatic nitrogens is 2. The molecule has 0 bridgehead atoms. The quantitative estimate of drug-likeness (QED) is 0.732. The van der Waals surface area contributed by atoms with Gasteiger partial charge in [-0.15, -0.1) is 0 Å². The third kappa shape index (κ3) is 3.08. The molecule has 0 saturated carbocycles. The van der Waals surface area contributed by atoms with Crippen LogP contribution in [0.25, 0.3) is 27.2 Å². The lowest BCUT2D eigenvalue weighted by molar-refractivity contribution is 0.0685. The minimum atomic E-state index is -1.04. The smallest absolute Gasteiger partial charge is 0.354 e. The van der Waals surface area contributed by atoms with Gasteiger partial charge in [0.2, 0.25) is 0 Å². The molecule has 25 heavy (non-hydrogen) atoms. The Morgan fingerprint density at radius 3 is 2.40 bits per heavy atom. The van der Waals surface area contributed by atoms with Crippen LogP contribution in [0.1, 0.15) is 10.5 Å². The molecular formula is C19H15N3O3. The van der Waals surface area contributed by atoms with Crippen molar-refractivity contribution < 1.29 is 14.6 Å². The van der Waals surface area contributed by atoms with Crippen molar-refractivity contribution in [1.82, 2.24) is 9.78 Å². The molecule has 1 N–H and O–H groups in total. The second-order valence-electron chi connectivity index (χ2n) is 5.42. The van der Waals surface area contributed by atoms with Gasteiger partial charge < -0.3 is 9.84 Å². The molecule has 1 heterocycles. The molecule has 0 saturated heterocycles. The zero-order valence-corrected chi connectivity index (χ0v) is 13.7. The number of nitrogens with zero attached hydrogens (tertiary/aromatic N) is 3. The van der Waals surface area contributed by atoms with Crippen molar-refractivity contribution in [2.24, 2.45) is 7.05 Å². The molecule has 0 radical (unpaired) electrons. The highest BCUT2D eigenvalue weighted by molar-refractivity contribution is 5.88. The van der Waals surface area contributed by atoms with Crippen molar-refractivity contribution in [3.63, 3.8) is 0 Å². The minimum absolute atomic E-state index is 0.0959. The minimum Gasteiger partial charge on any atom is -0.497 e. The fraction of sp³-hybridized carbons (Fsp3) is 0.105. The zero-order chi connectivity index (χ0) is 18.0. The van der Waals surface area contributed by atoms with Crippen LogP contribution in [0.4, 0.5) is 5.69 Å². The van der Waals surface area contributed by atoms with Crippen LogP contribution >= 0.6 is 0 Å². The SMILES string of the molecule is [C-]#[N+]c1cc(-c2cc(C(=O)O)n(C)n2)ccc1-c1ccc(OC)cc1. The molecule has 3 aromatic rings. The van der Waals surface area contributed by atoms with E-state index in [1.165, 1.54) is 10.7 Å². The summed E-state index contributed by atoms with van der Waals surface area (Å²) in [6, 6.07) is 14.4. The Hall–Kier alpha value is -3.59. The highest BCUT2D eigenvalue weighted by Gasteiger charge is 2.14. The van der Waals surface area contributed by atoms with Gasteiger partial charge in [-0.1, -0.05) is 24.3 Å². The van der Waals surface area contributed by atoms with Crippen molar-refractivity contribution in [3.8, 4) is 28.1 Å². The molecule has 0 aliphatic carbocycles. The fourth-order valence-electron chi connectivity index (χ4n) is 2.61. The van der Waals surface area contributed by atoms with E-state index in [0.717, 1.165) is 16.9 Å². The van der Waals surface area contributed by atoms with Crippen molar-refractivity contribution in [1.29, 1.82) is 0 Å². The molecule has 0 amide bonds. The van der Waals surface area contributed by atoms with Crippen LogP contribution in [-0.4, -0.2) is 28.0 Å². The van der Waals surface area contributed by atoms with Crippen molar-refractivity contribution in [2.45, 2.75) is 0 Å². The first-order valence-corrected chi connectivity index (χ1v) is 7.47. The summed E-state index contributed by atoms with van der Waals surface area (Å²) in [5.41, 5.74) is 3.50. The Bertz CT molecular complexity index is 982. The third-order valence-electron chi connectivity index (χ3n) is 3.91. The van der Waals surface area contributed by atoms with Gasteiger partial charge >= 0.3 is 5.97 Å². The summed E-state index contributed by atoms with van der Waals surface area (Å²) in [5.74, 6) is -0.291. The van der Waals surface area contributed by atoms with Gasteiger partial charge in [0.05, 0.1) is 19.4 Å². The van der Waals surface area contributed by atoms with E-state index in [4.69, 9.17) is 16.4 Å². The third-order valence-corrected chi connectivity index (χ3v) is 3.91. The van der Waals surface area contributed by atoms with Gasteiger partial charge in [-0.3, -0.25) is 4.68 Å². The van der Waals surface area contributed by atoms with Crippen molar-refractivity contribution >= 4 is 11.7 Å². The molecule has 124 valence electrons. The van der Waals surface area contributed by atoms with Crippen LogP contribution in [0, 0.1) is 6.57 Å². The second kappa shape index (κ2) is 6.49. The Labute approximate surface area is 144 Å². The number of carboxylic acids is 1. The van der Waals surface area contributed by atoms with E-state index in [0.29, 0.717) is 16.9 Å². The molecule has 0 atom stereocenters. The molecule has 0 aliphatic heterocycles. The Balaban J connectivity index is 2.04. The van der Waals surface area contributed by atoms with E-state index in [9.17, 15) is 4.79 Å². The molecule has 6 nitrogen and oxygen atoms in total. The maximum absolute atomic E-state index is 11.2. The van der Waals surface area contributed by atoms with Gasteiger partial charge in [0.1, 0.15) is 11.4 Å². The van der Waals surface area contributed by atoms with E-state index >= 15 is 0 Å². The topological polar surface area (TPSA) is 68.7 Å². The molecular weight excluding hydrogens is 318 g/mol. The highest BCUT2D eigenvalue weighted by Crippen LogP contribution is 2.35. The molecule has 0 spiro atoms. The lowest BCUT2D eigenvalue weighted by Gasteiger charge is -2.07. The summed E-state index contributed by atoms with van der Waals surface area (Å²) >= 11 is 0. The molecule has 6 heteroatoms. The largest absolute Gasteiger partial charge is 0.497 e. The summed E-state index contributed by atoms with van der Waals surface area (Å²) in [5, 5.41) is 13.4. The molecule has 0 fully saturated rings. The number of ether oxygens (including phenoxy) is 1. The second-order valence-corrected chi connectivity index (χ2v) is 5.42. The monoisotopic (exact) mass is 333 g/mol. The summed E-state index contributed by atoms with van der Waals surface area (Å²) < 4.78 is 6.46. The number of methoxy groups -OCH3 is 1. The highest BCUT2D eigenvalue weighted by atomic mass is 16.5. The molecule has 2 aromatic carbocycles. The number of carboxylic acid groups (broad SMARTS) is 1. The van der Waals surface area contributed by atoms with Gasteiger partial charge in [0, 0.05) is 7.05 Å². The van der Waals surface area contributed by atoms with E-state index in [1.807, 2.05) is 36.4 Å². The number of aryl methyl sites for hydroxylation is 1. The Morgan fingerprint density at radius 2 is 1.84 bits per heavy atom. The average molecular weight is 333 g/mol. The van der Waals surface area contributed by atoms with Gasteiger partial charge in [-0.05, 0) is 41.0 Å². The van der Waals surface area contributed by atoms with E-state index in [2.05, 4.69) is 9.94 Å². The maximum Gasteiger partial charge on any atom is 0.354 e. The van der Waals surface area contributed by atoms with Crippen LogP contribution in [0.15, 0.2) is 48.5 Å². The summed E-state index contributed by atoms with van der Waals surface area (Å²) in [7, 11) is 3.18. The average Bonchev–Trinajstić information content (AvgIpc) is 3.03. The summed E-state index contributed by atoms with van der Waals surface area (Å²) in [6.45, 7) is 7.47. The molecule has 0 unspecified atom stereocenters. The predicted octanol–water partition coefficient (Wildman–Crippen LogP) is 4.01. The number of aromatic carboxylic acids is 1. The van der Waals surface area contributed by atoms with E-state index in [-0.39, 0.29) is 5.69 Å². The lowest BCUT2D eigenvalue weighted by Crippen LogP contribution is -2.04. The van der Waals surface area contributed by atoms with Crippen LogP contribution < -0.4 is 4.74 Å². The van der Waals surface area contributed by atoms with Crippen LogP contribution in [-0.2, 0) is 7.05 Å². The van der Waals surface area contributed by atoms with Crippen LogP contribution in [0.2, 0.25) is 0 Å². The van der Waals surface area contributed by atoms with Gasteiger partial charge in [0.15, 0.2) is 5.69 Å². The van der Waals surface area contributed by atoms with Gasteiger partial charge in [-0.2, -0.15) is 5.10 Å². The van der Waals surface area contributed by atoms with Crippen molar-refractivity contribution in [3.05, 3.63) is 65.6 Å². The number of carbonyl (C=O) groups is 1. The summed E-state index contributed by atoms with van der Waals surface area (Å²) in [4.78, 5) is 14.8. The Kier molecular flexibility index (Phi) is 4.23. The van der Waals surface area contributed by atoms with Crippen LogP contribution in [0.3, 0.4) is 0 Å². The lowest BCUT2D eigenvalue weighted by atomic mass is 10.0. The zero-order valence-electron chi connectivity index (χ0n) is 13.7. The summed E-state index contributed by atoms with van der Waals surface area (Å²) in [6.07, 6.45) is 0. The number of hydrogen-bond donors (Lipinski definition) is 1. The van der Waals surface area contributed by atoms with E-state index < -0.39 is 5.97 Å². The van der Waals surface area contributed by atoms with Crippen LogP contribution in [0.5, 0.6) is 5.75 Å². The first kappa shape index (κ1) is 16.3. The molecule has 3 rings (SSSR count). The normalized spacial score (nSPS) is 10.3. The molecule has 1 aromatic heterocycles. The Morgan fingerprint density at radius 1 is 1.16 bits per heavy atom. The van der Waals surface area contributed by atoms with E-state index in [1.54, 1.807) is 20.2 Å². The maximum atomic E-state index is 11.2. The first-order valence-electron chi connectivity index (χ1n) is 7.47. The first-order chi connectivity index (χ1) is 12.0. The number of rotatable bonds is 4. The van der Waals surface area contributed by atoms with Gasteiger partial charge in [0.25, 0.3) is 0 Å². The number of benzene rings is 2. The van der Waals surface area contributed by atoms with Gasteiger partial charge in [-0.25, -0.2) is 9.64 Å². The fourth-order valence-corrected chi connectivity index (χ4v) is 2.61. The predicted molar refractivity (Wildman–Crippen MR) is 93.9 cm³/mol. The van der Waals surface area contributed by atoms with Crippen molar-refractivity contribution in [2.75, 3.05) is 7.11 Å².